The molecule has 3 fully saturated rings. The van der Waals surface area contributed by atoms with Crippen molar-refractivity contribution in [2.24, 2.45) is 5.92 Å². The summed E-state index contributed by atoms with van der Waals surface area (Å²) < 4.78 is 51.7. The van der Waals surface area contributed by atoms with E-state index < -0.39 is 17.6 Å². The van der Waals surface area contributed by atoms with E-state index in [0.717, 1.165) is 6.42 Å². The fraction of sp³-hybridized carbons (Fsp3) is 0.414. The average Bonchev–Trinajstić information content (AvgIpc) is 3.67. The van der Waals surface area contributed by atoms with Gasteiger partial charge in [-0.3, -0.25) is 9.69 Å². The van der Waals surface area contributed by atoms with Crippen molar-refractivity contribution in [3.05, 3.63) is 59.4 Å². The minimum atomic E-state index is -0.925. The van der Waals surface area contributed by atoms with Crippen LogP contribution in [0.4, 0.5) is 26.0 Å². The minimum Gasteiger partial charge on any atom is -0.491 e. The van der Waals surface area contributed by atoms with Crippen molar-refractivity contribution in [2.75, 3.05) is 63.3 Å². The van der Waals surface area contributed by atoms with Crippen LogP contribution in [-0.4, -0.2) is 85.7 Å². The first-order valence-electron chi connectivity index (χ1n) is 13.8. The lowest BCUT2D eigenvalue weighted by Gasteiger charge is -2.24. The monoisotopic (exact) mass is 601 g/mol. The van der Waals surface area contributed by atoms with Crippen molar-refractivity contribution in [3.63, 3.8) is 0 Å². The predicted octanol–water partition coefficient (Wildman–Crippen LogP) is 4.47. The normalized spacial score (nSPS) is 22.7. The van der Waals surface area contributed by atoms with E-state index in [4.69, 9.17) is 30.5 Å². The maximum atomic E-state index is 15.0. The van der Waals surface area contributed by atoms with Crippen LogP contribution in [0, 0.1) is 11.7 Å². The Labute approximate surface area is 245 Å². The van der Waals surface area contributed by atoms with Crippen LogP contribution >= 0.6 is 11.6 Å². The molecular formula is C29H30ClF2N5O5. The first-order valence-corrected chi connectivity index (χ1v) is 14.1. The molecule has 42 heavy (non-hydrogen) atoms. The topological polar surface area (TPSA) is 107 Å². The number of aromatic nitrogens is 2. The van der Waals surface area contributed by atoms with Gasteiger partial charge in [-0.15, -0.1) is 0 Å². The van der Waals surface area contributed by atoms with Gasteiger partial charge in [-0.05, 0) is 36.8 Å². The number of carbonyl (C=O) groups excluding carboxylic acids is 1. The van der Waals surface area contributed by atoms with Gasteiger partial charge in [-0.1, -0.05) is 11.6 Å². The second kappa shape index (κ2) is 12.8. The third kappa shape index (κ3) is 6.63. The Kier molecular flexibility index (Phi) is 8.77. The molecule has 2 aromatic carbocycles. The fourth-order valence-corrected chi connectivity index (χ4v) is 5.38. The van der Waals surface area contributed by atoms with Crippen LogP contribution in [-0.2, 0) is 19.0 Å². The highest BCUT2D eigenvalue weighted by Gasteiger charge is 2.36. The summed E-state index contributed by atoms with van der Waals surface area (Å²) >= 11 is 5.94. The number of likely N-dealkylation sites (tertiary alicyclic amines) is 1. The molecule has 3 atom stereocenters. The van der Waals surface area contributed by atoms with Gasteiger partial charge in [0.15, 0.2) is 5.83 Å². The van der Waals surface area contributed by atoms with Crippen LogP contribution in [0.15, 0.2) is 48.6 Å². The van der Waals surface area contributed by atoms with Gasteiger partial charge < -0.3 is 29.6 Å². The lowest BCUT2D eigenvalue weighted by atomic mass is 10.1. The Balaban J connectivity index is 1.23. The Bertz CT molecular complexity index is 1470. The van der Waals surface area contributed by atoms with Crippen molar-refractivity contribution in [1.82, 2.24) is 14.9 Å². The Morgan fingerprint density at radius 1 is 1.14 bits per heavy atom. The molecule has 0 saturated carbocycles. The van der Waals surface area contributed by atoms with E-state index in [1.54, 1.807) is 12.1 Å². The molecule has 3 aliphatic rings. The number of benzene rings is 2. The summed E-state index contributed by atoms with van der Waals surface area (Å²) in [6.45, 7) is 4.16. The standard InChI is InChI=1S/C29H30ClF2N5O5/c30-20-9-18(1-2-21(20)31)35-28-19-10-24(25(11-23(19)33-16-34-28)42-15-17-4-6-39-14-17)36-29(38)22(32)3-5-37-12-26-27(13-37)41-8-7-40-26/h1-3,9-11,16-17,26-27H,4-8,12-15H2,(H,36,38)(H,33,34,35)/b22-3-/t17-,26-,27+/m0/s1. The van der Waals surface area contributed by atoms with Gasteiger partial charge in [0.1, 0.15) is 23.7 Å². The number of fused-ring (bicyclic) bond motifs is 2. The molecule has 3 aliphatic heterocycles. The molecule has 4 heterocycles. The third-order valence-corrected chi connectivity index (χ3v) is 7.74. The number of nitrogens with zero attached hydrogens (tertiary/aromatic N) is 3. The summed E-state index contributed by atoms with van der Waals surface area (Å²) in [4.78, 5) is 23.6. The number of halogens is 3. The molecule has 10 nitrogen and oxygen atoms in total. The molecular weight excluding hydrogens is 572 g/mol. The summed E-state index contributed by atoms with van der Waals surface area (Å²) in [5.41, 5.74) is 1.27. The summed E-state index contributed by atoms with van der Waals surface area (Å²) in [6, 6.07) is 7.48. The van der Waals surface area contributed by atoms with Gasteiger partial charge >= 0.3 is 0 Å². The number of ether oxygens (including phenoxy) is 4. The smallest absolute Gasteiger partial charge is 0.284 e. The van der Waals surface area contributed by atoms with Gasteiger partial charge in [-0.25, -0.2) is 18.7 Å². The lowest BCUT2D eigenvalue weighted by molar-refractivity contribution is -0.116. The van der Waals surface area contributed by atoms with Crippen LogP contribution < -0.4 is 15.4 Å². The van der Waals surface area contributed by atoms with Gasteiger partial charge in [0.25, 0.3) is 5.91 Å². The van der Waals surface area contributed by atoms with Crippen molar-refractivity contribution < 1.29 is 32.5 Å². The van der Waals surface area contributed by atoms with Gasteiger partial charge in [0, 0.05) is 49.3 Å². The summed E-state index contributed by atoms with van der Waals surface area (Å²) in [7, 11) is 0. The molecule has 3 saturated heterocycles. The van der Waals surface area contributed by atoms with Crippen LogP contribution in [0.1, 0.15) is 6.42 Å². The zero-order valence-corrected chi connectivity index (χ0v) is 23.4. The van der Waals surface area contributed by atoms with E-state index in [9.17, 15) is 9.18 Å². The second-order valence-corrected chi connectivity index (χ2v) is 10.8. The average molecular weight is 602 g/mol. The van der Waals surface area contributed by atoms with E-state index in [1.807, 2.05) is 4.90 Å². The highest BCUT2D eigenvalue weighted by Crippen LogP contribution is 2.35. The number of hydrogen-bond acceptors (Lipinski definition) is 9. The first-order chi connectivity index (χ1) is 20.4. The van der Waals surface area contributed by atoms with E-state index in [0.29, 0.717) is 74.3 Å². The molecule has 1 aromatic heterocycles. The largest absolute Gasteiger partial charge is 0.491 e. The predicted molar refractivity (Wildman–Crippen MR) is 152 cm³/mol. The number of rotatable bonds is 9. The van der Waals surface area contributed by atoms with Crippen molar-refractivity contribution >= 4 is 45.6 Å². The van der Waals surface area contributed by atoms with Gasteiger partial charge in [-0.2, -0.15) is 0 Å². The van der Waals surface area contributed by atoms with E-state index in [2.05, 4.69) is 20.6 Å². The fourth-order valence-electron chi connectivity index (χ4n) is 5.20. The Hall–Kier alpha value is -3.42. The molecule has 13 heteroatoms. The van der Waals surface area contributed by atoms with Gasteiger partial charge in [0.05, 0.1) is 54.9 Å². The van der Waals surface area contributed by atoms with Gasteiger partial charge in [0.2, 0.25) is 0 Å². The lowest BCUT2D eigenvalue weighted by Crippen LogP contribution is -2.36. The van der Waals surface area contributed by atoms with Crippen LogP contribution in [0.25, 0.3) is 10.9 Å². The number of hydrogen-bond donors (Lipinski definition) is 2. The summed E-state index contributed by atoms with van der Waals surface area (Å²) in [6.07, 6.45) is 3.40. The number of anilines is 3. The molecule has 0 aliphatic carbocycles. The summed E-state index contributed by atoms with van der Waals surface area (Å²) in [5, 5.41) is 6.23. The third-order valence-electron chi connectivity index (χ3n) is 7.45. The second-order valence-electron chi connectivity index (χ2n) is 10.4. The molecule has 1 amide bonds. The van der Waals surface area contributed by atoms with Crippen molar-refractivity contribution in [3.8, 4) is 5.75 Å². The Morgan fingerprint density at radius 3 is 2.69 bits per heavy atom. The quantitative estimate of drug-likeness (QED) is 0.344. The Morgan fingerprint density at radius 2 is 1.95 bits per heavy atom. The van der Waals surface area contributed by atoms with Crippen molar-refractivity contribution in [1.29, 1.82) is 0 Å². The zero-order valence-electron chi connectivity index (χ0n) is 22.7. The molecule has 3 aromatic rings. The zero-order chi connectivity index (χ0) is 29.1. The number of carbonyl (C=O) groups is 1. The highest BCUT2D eigenvalue weighted by molar-refractivity contribution is 6.31. The maximum Gasteiger partial charge on any atom is 0.284 e. The summed E-state index contributed by atoms with van der Waals surface area (Å²) in [5.74, 6) is -1.47. The van der Waals surface area contributed by atoms with Crippen LogP contribution in [0.2, 0.25) is 5.02 Å². The minimum absolute atomic E-state index is 0.0393. The van der Waals surface area contributed by atoms with Crippen LogP contribution in [0.3, 0.4) is 0 Å². The molecule has 222 valence electrons. The molecule has 0 spiro atoms. The molecule has 2 N–H and O–H groups in total. The highest BCUT2D eigenvalue weighted by atomic mass is 35.5. The molecule has 0 radical (unpaired) electrons. The molecule has 0 bridgehead atoms. The molecule has 0 unspecified atom stereocenters. The number of nitrogens with one attached hydrogen (secondary N) is 2. The van der Waals surface area contributed by atoms with Crippen molar-refractivity contribution in [2.45, 2.75) is 18.6 Å². The maximum absolute atomic E-state index is 15.0. The SMILES string of the molecule is O=C(Nc1cc2c(Nc3ccc(F)c(Cl)c3)ncnc2cc1OC[C@H]1CCOC1)/C(F)=C/CN1C[C@@H]2OCCO[C@@H]2C1. The van der Waals surface area contributed by atoms with E-state index >= 15 is 4.39 Å². The van der Waals surface area contributed by atoms with Crippen LogP contribution in [0.5, 0.6) is 5.75 Å². The number of amides is 1. The van der Waals surface area contributed by atoms with E-state index in [1.165, 1.54) is 30.6 Å². The van der Waals surface area contributed by atoms with E-state index in [-0.39, 0.29) is 35.4 Å². The first kappa shape index (κ1) is 28.7. The molecule has 6 rings (SSSR count).